The largest absolute Gasteiger partial charge is 0.240 e. The number of hydrogen-bond acceptors (Lipinski definition) is 7. The molecule has 0 fully saturated rings. The molecule has 0 aliphatic heterocycles. The lowest BCUT2D eigenvalue weighted by atomic mass is 10.2. The smallest absolute Gasteiger partial charge is 0.210 e. The third kappa shape index (κ3) is 3.55. The maximum atomic E-state index is 4.71. The molecule has 0 aliphatic rings. The fourth-order valence-corrected chi connectivity index (χ4v) is 4.56. The van der Waals surface area contributed by atoms with Gasteiger partial charge in [0.1, 0.15) is 5.01 Å². The van der Waals surface area contributed by atoms with Crippen LogP contribution in [0.5, 0.6) is 0 Å². The summed E-state index contributed by atoms with van der Waals surface area (Å²) in [4.78, 5) is 5.95. The normalized spacial score (nSPS) is 11.0. The zero-order valence-corrected chi connectivity index (χ0v) is 15.0. The molecule has 0 radical (unpaired) electrons. The second-order valence-corrected chi connectivity index (χ2v) is 7.83. The van der Waals surface area contributed by atoms with Gasteiger partial charge in [-0.05, 0) is 21.9 Å². The SMILES string of the molecule is c1ccc(-c2nc(CSc3nnnn3Cc3cccs3)cs2)cc1. The summed E-state index contributed by atoms with van der Waals surface area (Å²) in [6, 6.07) is 14.4. The molecule has 0 atom stereocenters. The molecule has 0 bridgehead atoms. The second-order valence-electron chi connectivity index (χ2n) is 5.00. The predicted octanol–water partition coefficient (Wildman–Crippen LogP) is 4.20. The van der Waals surface area contributed by atoms with Gasteiger partial charge >= 0.3 is 0 Å². The number of rotatable bonds is 6. The lowest BCUT2D eigenvalue weighted by Crippen LogP contribution is -2.02. The molecule has 1 aromatic carbocycles. The molecule has 24 heavy (non-hydrogen) atoms. The Bertz CT molecular complexity index is 899. The van der Waals surface area contributed by atoms with Gasteiger partial charge in [-0.25, -0.2) is 9.67 Å². The molecule has 0 saturated carbocycles. The monoisotopic (exact) mass is 371 g/mol. The number of thiophene rings is 1. The number of thiazole rings is 1. The lowest BCUT2D eigenvalue weighted by Gasteiger charge is -2.01. The van der Waals surface area contributed by atoms with Gasteiger partial charge in [-0.15, -0.1) is 27.8 Å². The van der Waals surface area contributed by atoms with Crippen molar-refractivity contribution in [2.24, 2.45) is 0 Å². The topological polar surface area (TPSA) is 56.5 Å². The molecule has 0 N–H and O–H groups in total. The van der Waals surface area contributed by atoms with E-state index in [0.717, 1.165) is 27.2 Å². The first kappa shape index (κ1) is 15.5. The second kappa shape index (κ2) is 7.25. The van der Waals surface area contributed by atoms with E-state index >= 15 is 0 Å². The quantitative estimate of drug-likeness (QED) is 0.476. The first-order valence-electron chi connectivity index (χ1n) is 7.29. The average molecular weight is 372 g/mol. The van der Waals surface area contributed by atoms with Crippen LogP contribution in [0.25, 0.3) is 10.6 Å². The Morgan fingerprint density at radius 1 is 1.04 bits per heavy atom. The highest BCUT2D eigenvalue weighted by Crippen LogP contribution is 2.27. The first-order chi connectivity index (χ1) is 11.9. The van der Waals surface area contributed by atoms with Gasteiger partial charge in [0.05, 0.1) is 12.2 Å². The van der Waals surface area contributed by atoms with Crippen LogP contribution in [0, 0.1) is 0 Å². The van der Waals surface area contributed by atoms with Crippen molar-refractivity contribution >= 4 is 34.4 Å². The summed E-state index contributed by atoms with van der Waals surface area (Å²) in [7, 11) is 0. The Kier molecular flexibility index (Phi) is 4.68. The Morgan fingerprint density at radius 3 is 2.79 bits per heavy atom. The van der Waals surface area contributed by atoms with Gasteiger partial charge in [0.15, 0.2) is 0 Å². The van der Waals surface area contributed by atoms with E-state index in [2.05, 4.69) is 44.5 Å². The van der Waals surface area contributed by atoms with Crippen LogP contribution in [0.2, 0.25) is 0 Å². The van der Waals surface area contributed by atoms with Gasteiger partial charge in [0.25, 0.3) is 0 Å². The van der Waals surface area contributed by atoms with Crippen molar-refractivity contribution in [2.45, 2.75) is 17.5 Å². The highest BCUT2D eigenvalue weighted by atomic mass is 32.2. The molecule has 4 aromatic rings. The van der Waals surface area contributed by atoms with Crippen LogP contribution in [0.4, 0.5) is 0 Å². The molecule has 0 amide bonds. The average Bonchev–Trinajstić information content (AvgIpc) is 3.37. The summed E-state index contributed by atoms with van der Waals surface area (Å²) in [5.74, 6) is 0.758. The van der Waals surface area contributed by atoms with Crippen LogP contribution in [-0.4, -0.2) is 25.2 Å². The Balaban J connectivity index is 1.43. The Hall–Kier alpha value is -2.03. The summed E-state index contributed by atoms with van der Waals surface area (Å²) in [5.41, 5.74) is 2.20. The molecule has 0 saturated heterocycles. The van der Waals surface area contributed by atoms with Crippen molar-refractivity contribution in [1.82, 2.24) is 25.2 Å². The molecule has 3 heterocycles. The summed E-state index contributed by atoms with van der Waals surface area (Å²) in [6.07, 6.45) is 0. The molecule has 8 heteroatoms. The van der Waals surface area contributed by atoms with Gasteiger partial charge in [0, 0.05) is 21.6 Å². The van der Waals surface area contributed by atoms with Crippen molar-refractivity contribution in [3.8, 4) is 10.6 Å². The van der Waals surface area contributed by atoms with Gasteiger partial charge in [0.2, 0.25) is 5.16 Å². The fraction of sp³-hybridized carbons (Fsp3) is 0.125. The van der Waals surface area contributed by atoms with E-state index in [1.165, 1.54) is 4.88 Å². The highest BCUT2D eigenvalue weighted by molar-refractivity contribution is 7.98. The van der Waals surface area contributed by atoms with Crippen LogP contribution >= 0.6 is 34.4 Å². The molecule has 120 valence electrons. The van der Waals surface area contributed by atoms with E-state index < -0.39 is 0 Å². The number of tetrazole rings is 1. The third-order valence-electron chi connectivity index (χ3n) is 3.31. The minimum atomic E-state index is 0.708. The van der Waals surface area contributed by atoms with Crippen molar-refractivity contribution in [3.05, 3.63) is 63.8 Å². The number of hydrogen-bond donors (Lipinski definition) is 0. The first-order valence-corrected chi connectivity index (χ1v) is 10.0. The van der Waals surface area contributed by atoms with Crippen molar-refractivity contribution in [1.29, 1.82) is 0 Å². The van der Waals surface area contributed by atoms with E-state index in [-0.39, 0.29) is 0 Å². The number of nitrogens with zero attached hydrogens (tertiary/aromatic N) is 5. The molecule has 0 spiro atoms. The molecular formula is C16H13N5S3. The third-order valence-corrected chi connectivity index (χ3v) is 6.10. The van der Waals surface area contributed by atoms with E-state index in [0.29, 0.717) is 6.54 Å². The van der Waals surface area contributed by atoms with Gasteiger partial charge in [-0.1, -0.05) is 48.2 Å². The van der Waals surface area contributed by atoms with Gasteiger partial charge < -0.3 is 0 Å². The van der Waals surface area contributed by atoms with E-state index in [4.69, 9.17) is 4.98 Å². The number of aromatic nitrogens is 5. The highest BCUT2D eigenvalue weighted by Gasteiger charge is 2.10. The van der Waals surface area contributed by atoms with Crippen molar-refractivity contribution < 1.29 is 0 Å². The zero-order chi connectivity index (χ0) is 16.2. The van der Waals surface area contributed by atoms with Crippen molar-refractivity contribution in [3.63, 3.8) is 0 Å². The van der Waals surface area contributed by atoms with Gasteiger partial charge in [-0.2, -0.15) is 0 Å². The molecule has 3 aromatic heterocycles. The molecular weight excluding hydrogens is 358 g/mol. The maximum Gasteiger partial charge on any atom is 0.210 e. The summed E-state index contributed by atoms with van der Waals surface area (Å²) in [6.45, 7) is 0.708. The van der Waals surface area contributed by atoms with E-state index in [1.54, 1.807) is 34.4 Å². The number of benzene rings is 1. The van der Waals surface area contributed by atoms with Crippen LogP contribution in [-0.2, 0) is 12.3 Å². The van der Waals surface area contributed by atoms with E-state index in [1.807, 2.05) is 28.9 Å². The number of thioether (sulfide) groups is 1. The standard InChI is InChI=1S/C16H13N5S3/c1-2-5-12(6-3-1)15-17-13(10-23-15)11-24-16-18-19-20-21(16)9-14-7-4-8-22-14/h1-8,10H,9,11H2. The fourth-order valence-electron chi connectivity index (χ4n) is 2.17. The predicted molar refractivity (Wildman–Crippen MR) is 98.3 cm³/mol. The summed E-state index contributed by atoms with van der Waals surface area (Å²) in [5, 5.41) is 18.0. The van der Waals surface area contributed by atoms with Crippen LogP contribution < -0.4 is 0 Å². The summed E-state index contributed by atoms with van der Waals surface area (Å²) < 4.78 is 1.83. The minimum absolute atomic E-state index is 0.708. The minimum Gasteiger partial charge on any atom is -0.240 e. The Labute approximate surface area is 151 Å². The lowest BCUT2D eigenvalue weighted by molar-refractivity contribution is 0.608. The molecule has 0 unspecified atom stereocenters. The van der Waals surface area contributed by atoms with Gasteiger partial charge in [-0.3, -0.25) is 0 Å². The molecule has 0 aliphatic carbocycles. The van der Waals surface area contributed by atoms with E-state index in [9.17, 15) is 0 Å². The van der Waals surface area contributed by atoms with Crippen molar-refractivity contribution in [2.75, 3.05) is 0 Å². The van der Waals surface area contributed by atoms with Crippen LogP contribution in [0.3, 0.4) is 0 Å². The maximum absolute atomic E-state index is 4.71. The van der Waals surface area contributed by atoms with Crippen LogP contribution in [0.15, 0.2) is 58.4 Å². The Morgan fingerprint density at radius 2 is 1.96 bits per heavy atom. The zero-order valence-electron chi connectivity index (χ0n) is 12.6. The molecule has 4 rings (SSSR count). The molecule has 5 nitrogen and oxygen atoms in total. The van der Waals surface area contributed by atoms with Crippen LogP contribution in [0.1, 0.15) is 10.6 Å². The summed E-state index contributed by atoms with van der Waals surface area (Å²) >= 11 is 4.99.